The maximum atomic E-state index is 14.3. The lowest BCUT2D eigenvalue weighted by Gasteiger charge is -2.20. The predicted molar refractivity (Wildman–Crippen MR) is 121 cm³/mol. The van der Waals surface area contributed by atoms with E-state index < -0.39 is 26.9 Å². The van der Waals surface area contributed by atoms with Crippen molar-refractivity contribution in [3.05, 3.63) is 100 Å². The summed E-state index contributed by atoms with van der Waals surface area (Å²) in [5.74, 6) is -1.63. The minimum Gasteiger partial charge on any atom is -0.480 e. The fraction of sp³-hybridized carbons (Fsp3) is 0.125. The van der Waals surface area contributed by atoms with Gasteiger partial charge in [0.15, 0.2) is 9.84 Å². The zero-order chi connectivity index (χ0) is 23.0. The molecule has 32 heavy (non-hydrogen) atoms. The van der Waals surface area contributed by atoms with E-state index in [0.29, 0.717) is 32.7 Å². The van der Waals surface area contributed by atoms with Gasteiger partial charge in [-0.2, -0.15) is 0 Å². The third kappa shape index (κ3) is 3.89. The molecule has 4 aromatic rings. The van der Waals surface area contributed by atoms with Crippen LogP contribution in [0.5, 0.6) is 0 Å². The molecule has 4 rings (SSSR count). The van der Waals surface area contributed by atoms with E-state index in [9.17, 15) is 22.7 Å². The lowest BCUT2D eigenvalue weighted by atomic mass is 10.0. The van der Waals surface area contributed by atoms with Gasteiger partial charge in [0.1, 0.15) is 17.6 Å². The molecule has 0 aliphatic rings. The van der Waals surface area contributed by atoms with Crippen LogP contribution in [-0.2, 0) is 21.2 Å². The largest absolute Gasteiger partial charge is 0.480 e. The number of hydrogen-bond donors (Lipinski definition) is 1. The molecule has 0 aliphatic carbocycles. The molecule has 1 N–H and O–H groups in total. The first-order valence-electron chi connectivity index (χ1n) is 9.74. The van der Waals surface area contributed by atoms with E-state index in [1.165, 1.54) is 34.9 Å². The quantitative estimate of drug-likeness (QED) is 0.409. The molecule has 1 unspecified atom stereocenters. The van der Waals surface area contributed by atoms with Crippen molar-refractivity contribution in [3.8, 4) is 0 Å². The summed E-state index contributed by atoms with van der Waals surface area (Å²) >= 11 is 6.03. The third-order valence-corrected chi connectivity index (χ3v) is 7.75. The summed E-state index contributed by atoms with van der Waals surface area (Å²) in [6.45, 7) is 1.27. The highest BCUT2D eigenvalue weighted by Gasteiger charge is 2.35. The lowest BCUT2D eigenvalue weighted by molar-refractivity contribution is -0.137. The van der Waals surface area contributed by atoms with Gasteiger partial charge in [-0.25, -0.2) is 12.8 Å². The van der Waals surface area contributed by atoms with Crippen molar-refractivity contribution in [2.24, 2.45) is 0 Å². The number of hydrogen-bond acceptors (Lipinski definition) is 3. The number of sulfone groups is 1. The van der Waals surface area contributed by atoms with Crippen LogP contribution in [0, 0.1) is 12.7 Å². The van der Waals surface area contributed by atoms with E-state index in [1.54, 1.807) is 49.4 Å². The summed E-state index contributed by atoms with van der Waals surface area (Å²) < 4.78 is 43.5. The van der Waals surface area contributed by atoms with Crippen molar-refractivity contribution < 1.29 is 22.7 Å². The van der Waals surface area contributed by atoms with Gasteiger partial charge in [-0.3, -0.25) is 4.79 Å². The Kier molecular flexibility index (Phi) is 5.79. The number of nitrogens with zero attached hydrogens (tertiary/aromatic N) is 1. The molecule has 164 valence electrons. The van der Waals surface area contributed by atoms with Gasteiger partial charge in [0, 0.05) is 27.2 Å². The minimum absolute atomic E-state index is 0.106. The van der Waals surface area contributed by atoms with E-state index in [2.05, 4.69) is 0 Å². The molecule has 3 aromatic carbocycles. The van der Waals surface area contributed by atoms with Gasteiger partial charge in [-0.05, 0) is 55.0 Å². The molecular weight excluding hydrogens is 453 g/mol. The Balaban J connectivity index is 2.09. The van der Waals surface area contributed by atoms with Gasteiger partial charge < -0.3 is 9.67 Å². The van der Waals surface area contributed by atoms with Crippen molar-refractivity contribution >= 4 is 38.3 Å². The number of aliphatic carboxylic acids is 1. The van der Waals surface area contributed by atoms with Crippen molar-refractivity contribution in [3.63, 3.8) is 0 Å². The zero-order valence-electron chi connectivity index (χ0n) is 17.0. The zero-order valence-corrected chi connectivity index (χ0v) is 18.6. The van der Waals surface area contributed by atoms with Crippen molar-refractivity contribution in [2.45, 2.75) is 23.6 Å². The average molecular weight is 472 g/mol. The second kappa shape index (κ2) is 8.41. The second-order valence-corrected chi connectivity index (χ2v) is 9.90. The van der Waals surface area contributed by atoms with Crippen molar-refractivity contribution in [1.82, 2.24) is 4.57 Å². The molecular formula is C24H19ClFNO4S. The predicted octanol–water partition coefficient (Wildman–Crippen LogP) is 5.39. The van der Waals surface area contributed by atoms with Crippen molar-refractivity contribution in [1.29, 1.82) is 0 Å². The van der Waals surface area contributed by atoms with E-state index >= 15 is 0 Å². The number of halogens is 2. The van der Waals surface area contributed by atoms with Crippen LogP contribution in [0.15, 0.2) is 77.7 Å². The first-order valence-corrected chi connectivity index (χ1v) is 11.7. The Bertz CT molecular complexity index is 1410. The number of carboxylic acid groups (broad SMARTS) is 1. The highest BCUT2D eigenvalue weighted by atomic mass is 35.5. The molecule has 0 amide bonds. The van der Waals surface area contributed by atoms with Crippen molar-refractivity contribution in [2.75, 3.05) is 0 Å². The Labute approximate surface area is 189 Å². The molecule has 5 nitrogen and oxygen atoms in total. The summed E-state index contributed by atoms with van der Waals surface area (Å²) in [6.07, 6.45) is 0. The van der Waals surface area contributed by atoms with Crippen LogP contribution in [0.1, 0.15) is 22.1 Å². The van der Waals surface area contributed by atoms with Gasteiger partial charge in [0.05, 0.1) is 4.90 Å². The minimum atomic E-state index is -3.99. The molecule has 0 saturated carbocycles. The normalized spacial score (nSPS) is 12.7. The highest BCUT2D eigenvalue weighted by Crippen LogP contribution is 2.42. The van der Waals surface area contributed by atoms with Crippen LogP contribution in [-0.4, -0.2) is 24.1 Å². The van der Waals surface area contributed by atoms with Gasteiger partial charge in [0.25, 0.3) is 0 Å². The molecule has 0 spiro atoms. The second-order valence-electron chi connectivity index (χ2n) is 7.43. The Morgan fingerprint density at radius 3 is 2.34 bits per heavy atom. The number of carbonyl (C=O) groups is 1. The van der Waals surface area contributed by atoms with Gasteiger partial charge >= 0.3 is 5.97 Å². The molecule has 0 radical (unpaired) electrons. The smallest absolute Gasteiger partial charge is 0.323 e. The molecule has 1 atom stereocenters. The van der Waals surface area contributed by atoms with Crippen LogP contribution >= 0.6 is 11.6 Å². The third-order valence-electron chi connectivity index (χ3n) is 5.44. The SMILES string of the molecule is Cc1c(C(c2ccc(Cl)cc2)S(=O)(=O)c2ccccc2)c2cc(F)ccc2n1CC(=O)O. The fourth-order valence-corrected chi connectivity index (χ4v) is 6.09. The van der Waals surface area contributed by atoms with E-state index in [4.69, 9.17) is 11.6 Å². The van der Waals surface area contributed by atoms with Gasteiger partial charge in [0.2, 0.25) is 0 Å². The first kappa shape index (κ1) is 22.0. The molecule has 0 aliphatic heterocycles. The Morgan fingerprint density at radius 1 is 1.06 bits per heavy atom. The highest BCUT2D eigenvalue weighted by molar-refractivity contribution is 7.92. The summed E-state index contributed by atoms with van der Waals surface area (Å²) in [6, 6.07) is 18.4. The maximum absolute atomic E-state index is 14.3. The monoisotopic (exact) mass is 471 g/mol. The van der Waals surface area contributed by atoms with Crippen LogP contribution < -0.4 is 0 Å². The van der Waals surface area contributed by atoms with Crippen LogP contribution in [0.4, 0.5) is 4.39 Å². The van der Waals surface area contributed by atoms with Gasteiger partial charge in [-0.1, -0.05) is 41.9 Å². The van der Waals surface area contributed by atoms with E-state index in [-0.39, 0.29) is 11.4 Å². The van der Waals surface area contributed by atoms with E-state index in [1.807, 2.05) is 0 Å². The fourth-order valence-electron chi connectivity index (χ4n) is 4.04. The molecule has 0 fully saturated rings. The first-order chi connectivity index (χ1) is 15.2. The molecule has 1 aromatic heterocycles. The number of aromatic nitrogens is 1. The lowest BCUT2D eigenvalue weighted by Crippen LogP contribution is -2.17. The maximum Gasteiger partial charge on any atom is 0.323 e. The standard InChI is InChI=1S/C24H19ClFNO4S/c1-15-23(20-13-18(26)11-12-21(20)27(15)14-22(28)29)24(16-7-9-17(25)10-8-16)32(30,31)19-5-3-2-4-6-19/h2-13,24H,14H2,1H3,(H,28,29). The number of carboxylic acids is 1. The molecule has 0 saturated heterocycles. The van der Waals surface area contributed by atoms with Crippen LogP contribution in [0.25, 0.3) is 10.9 Å². The average Bonchev–Trinajstić information content (AvgIpc) is 3.01. The molecule has 8 heteroatoms. The number of fused-ring (bicyclic) bond motifs is 1. The topological polar surface area (TPSA) is 76.4 Å². The molecule has 0 bridgehead atoms. The number of rotatable bonds is 6. The summed E-state index contributed by atoms with van der Waals surface area (Å²) in [5.41, 5.74) is 1.67. The van der Waals surface area contributed by atoms with Crippen LogP contribution in [0.2, 0.25) is 5.02 Å². The summed E-state index contributed by atoms with van der Waals surface area (Å²) in [5, 5.41) is 9.01. The molecule has 1 heterocycles. The summed E-state index contributed by atoms with van der Waals surface area (Å²) in [4.78, 5) is 11.6. The van der Waals surface area contributed by atoms with Gasteiger partial charge in [-0.15, -0.1) is 0 Å². The summed E-state index contributed by atoms with van der Waals surface area (Å²) in [7, 11) is -3.99. The Morgan fingerprint density at radius 2 is 1.72 bits per heavy atom. The van der Waals surface area contributed by atoms with Crippen LogP contribution in [0.3, 0.4) is 0 Å². The number of benzene rings is 3. The Hall–Kier alpha value is -3.16. The van der Waals surface area contributed by atoms with E-state index in [0.717, 1.165) is 0 Å².